The topological polar surface area (TPSA) is 82.0 Å². The van der Waals surface area contributed by atoms with Gasteiger partial charge in [-0.2, -0.15) is 5.26 Å². The van der Waals surface area contributed by atoms with Crippen molar-refractivity contribution in [2.45, 2.75) is 10.3 Å². The van der Waals surface area contributed by atoms with Crippen LogP contribution in [0.2, 0.25) is 20.1 Å². The predicted molar refractivity (Wildman–Crippen MR) is 141 cm³/mol. The summed E-state index contributed by atoms with van der Waals surface area (Å²) < 4.78 is 12.0. The highest BCUT2D eigenvalue weighted by Crippen LogP contribution is 2.65. The molecule has 5 nitrogen and oxygen atoms in total. The van der Waals surface area contributed by atoms with E-state index in [1.54, 1.807) is 18.2 Å². The van der Waals surface area contributed by atoms with Crippen LogP contribution in [-0.4, -0.2) is 16.1 Å². The second-order valence-corrected chi connectivity index (χ2v) is 10.9. The van der Waals surface area contributed by atoms with Crippen LogP contribution in [0.5, 0.6) is 0 Å². The standard InChI is InChI=1S/C24H12Cl6FN3O2/c25-15-3-2-13(8-14(15)22(35)34-18-4-1-12(31)5-11(18)9-32)33-23(36)20-19(24(20,29)30)10-6-16(26)21(28)17(27)7-10/h1-8,19-20H,(H,33,36)(H,34,35). The van der Waals surface area contributed by atoms with E-state index in [1.165, 1.54) is 24.3 Å². The molecule has 0 aliphatic heterocycles. The van der Waals surface area contributed by atoms with E-state index in [4.69, 9.17) is 69.6 Å². The fourth-order valence-corrected chi connectivity index (χ4v) is 5.37. The summed E-state index contributed by atoms with van der Waals surface area (Å²) in [5.41, 5.74) is 0.838. The number of halogens is 7. The lowest BCUT2D eigenvalue weighted by molar-refractivity contribution is -0.117. The summed E-state index contributed by atoms with van der Waals surface area (Å²) in [5.74, 6) is -3.25. The van der Waals surface area contributed by atoms with Crippen molar-refractivity contribution in [3.05, 3.63) is 91.1 Å². The van der Waals surface area contributed by atoms with Crippen molar-refractivity contribution >= 4 is 92.8 Å². The lowest BCUT2D eigenvalue weighted by atomic mass is 10.1. The monoisotopic (exact) mass is 603 g/mol. The molecule has 2 atom stereocenters. The normalized spacial score (nSPS) is 17.7. The number of hydrogen-bond acceptors (Lipinski definition) is 3. The molecule has 1 saturated carbocycles. The zero-order valence-electron chi connectivity index (χ0n) is 17.7. The molecule has 3 aromatic carbocycles. The third-order valence-corrected chi connectivity index (χ3v) is 8.00. The fourth-order valence-electron chi connectivity index (χ4n) is 3.73. The van der Waals surface area contributed by atoms with E-state index in [2.05, 4.69) is 10.6 Å². The third-order valence-electron chi connectivity index (χ3n) is 5.53. The molecule has 0 heterocycles. The van der Waals surface area contributed by atoms with Crippen LogP contribution in [-0.2, 0) is 4.79 Å². The first-order valence-electron chi connectivity index (χ1n) is 10.1. The second-order valence-electron chi connectivity index (χ2n) is 7.87. The minimum atomic E-state index is -1.42. The maximum atomic E-state index is 13.4. The number of amides is 2. The number of nitrogens with zero attached hydrogens (tertiary/aromatic N) is 1. The fraction of sp³-hybridized carbons (Fsp3) is 0.125. The number of carbonyl (C=O) groups is 2. The molecule has 0 aromatic heterocycles. The van der Waals surface area contributed by atoms with Gasteiger partial charge in [0, 0.05) is 11.6 Å². The van der Waals surface area contributed by atoms with Gasteiger partial charge in [-0.3, -0.25) is 9.59 Å². The molecule has 0 radical (unpaired) electrons. The maximum absolute atomic E-state index is 13.4. The van der Waals surface area contributed by atoms with Crippen molar-refractivity contribution in [2.75, 3.05) is 10.6 Å². The van der Waals surface area contributed by atoms with Gasteiger partial charge in [0.15, 0.2) is 0 Å². The summed E-state index contributed by atoms with van der Waals surface area (Å²) in [7, 11) is 0. The summed E-state index contributed by atoms with van der Waals surface area (Å²) in [6.07, 6.45) is 0. The number of rotatable bonds is 5. The van der Waals surface area contributed by atoms with E-state index in [-0.39, 0.29) is 42.6 Å². The van der Waals surface area contributed by atoms with Crippen LogP contribution >= 0.6 is 69.6 Å². The molecule has 3 aromatic rings. The van der Waals surface area contributed by atoms with Crippen molar-refractivity contribution in [3.8, 4) is 6.07 Å². The van der Waals surface area contributed by atoms with Gasteiger partial charge in [0.1, 0.15) is 16.2 Å². The van der Waals surface area contributed by atoms with Crippen molar-refractivity contribution in [1.29, 1.82) is 5.26 Å². The maximum Gasteiger partial charge on any atom is 0.257 e. The Morgan fingerprint density at radius 1 is 0.917 bits per heavy atom. The Bertz CT molecular complexity index is 1430. The largest absolute Gasteiger partial charge is 0.326 e. The van der Waals surface area contributed by atoms with Crippen molar-refractivity contribution in [3.63, 3.8) is 0 Å². The Hall–Kier alpha value is -2.24. The van der Waals surface area contributed by atoms with Crippen LogP contribution in [0.25, 0.3) is 0 Å². The molecule has 184 valence electrons. The van der Waals surface area contributed by atoms with Gasteiger partial charge in [0.05, 0.1) is 42.8 Å². The van der Waals surface area contributed by atoms with Gasteiger partial charge in [-0.15, -0.1) is 23.2 Å². The number of anilines is 2. The Morgan fingerprint density at radius 3 is 2.22 bits per heavy atom. The lowest BCUT2D eigenvalue weighted by Gasteiger charge is -2.11. The minimum absolute atomic E-state index is 0.00861. The highest BCUT2D eigenvalue weighted by Gasteiger charge is 2.67. The van der Waals surface area contributed by atoms with E-state index < -0.39 is 33.8 Å². The average molecular weight is 606 g/mol. The third kappa shape index (κ3) is 5.24. The first-order chi connectivity index (χ1) is 16.9. The molecule has 2 N–H and O–H groups in total. The van der Waals surface area contributed by atoms with E-state index in [0.717, 1.165) is 12.1 Å². The van der Waals surface area contributed by atoms with E-state index >= 15 is 0 Å². The second kappa shape index (κ2) is 10.3. The Balaban J connectivity index is 1.53. The number of carbonyl (C=O) groups excluding carboxylic acids is 2. The average Bonchev–Trinajstić information content (AvgIpc) is 3.41. The first kappa shape index (κ1) is 26.8. The van der Waals surface area contributed by atoms with Gasteiger partial charge in [-0.25, -0.2) is 4.39 Å². The molecule has 12 heteroatoms. The molecule has 0 spiro atoms. The molecule has 2 amide bonds. The molecule has 0 bridgehead atoms. The molecule has 0 saturated heterocycles. The Morgan fingerprint density at radius 2 is 1.58 bits per heavy atom. The minimum Gasteiger partial charge on any atom is -0.326 e. The van der Waals surface area contributed by atoms with E-state index in [9.17, 15) is 19.2 Å². The van der Waals surface area contributed by atoms with Crippen LogP contribution in [0.1, 0.15) is 27.4 Å². The van der Waals surface area contributed by atoms with Gasteiger partial charge in [0.25, 0.3) is 5.91 Å². The van der Waals surface area contributed by atoms with Gasteiger partial charge in [-0.05, 0) is 54.1 Å². The van der Waals surface area contributed by atoms with E-state index in [1.807, 2.05) is 0 Å². The van der Waals surface area contributed by atoms with Crippen LogP contribution < -0.4 is 10.6 Å². The number of nitriles is 1. The lowest BCUT2D eigenvalue weighted by Crippen LogP contribution is -2.18. The number of benzene rings is 3. The Kier molecular flexibility index (Phi) is 7.64. The first-order valence-corrected chi connectivity index (χ1v) is 12.3. The summed E-state index contributed by atoms with van der Waals surface area (Å²) in [4.78, 5) is 25.8. The predicted octanol–water partition coefficient (Wildman–Crippen LogP) is 8.09. The van der Waals surface area contributed by atoms with Crippen LogP contribution in [0.15, 0.2) is 48.5 Å². The Labute approximate surface area is 235 Å². The summed E-state index contributed by atoms with van der Waals surface area (Å²) in [6.45, 7) is 0. The molecule has 2 unspecified atom stereocenters. The number of nitrogens with one attached hydrogen (secondary N) is 2. The molecule has 1 aliphatic rings. The van der Waals surface area contributed by atoms with Gasteiger partial charge in [0.2, 0.25) is 5.91 Å². The SMILES string of the molecule is N#Cc1cc(F)ccc1NC(=O)c1cc(NC(=O)C2C(c3cc(Cl)c(Cl)c(Cl)c3)C2(Cl)Cl)ccc1Cl. The number of alkyl halides is 2. The van der Waals surface area contributed by atoms with Gasteiger partial charge < -0.3 is 10.6 Å². The summed E-state index contributed by atoms with van der Waals surface area (Å²) >= 11 is 37.2. The van der Waals surface area contributed by atoms with Gasteiger partial charge in [-0.1, -0.05) is 46.4 Å². The van der Waals surface area contributed by atoms with Crippen molar-refractivity contribution < 1.29 is 14.0 Å². The molecular weight excluding hydrogens is 594 g/mol. The zero-order valence-corrected chi connectivity index (χ0v) is 22.2. The van der Waals surface area contributed by atoms with Gasteiger partial charge >= 0.3 is 0 Å². The molecule has 1 fully saturated rings. The molecular formula is C24H12Cl6FN3O2. The summed E-state index contributed by atoms with van der Waals surface area (Å²) in [6, 6.07) is 12.5. The number of hydrogen-bond donors (Lipinski definition) is 2. The molecule has 1 aliphatic carbocycles. The highest BCUT2D eigenvalue weighted by atomic mass is 35.5. The quantitative estimate of drug-likeness (QED) is 0.228. The van der Waals surface area contributed by atoms with Crippen molar-refractivity contribution in [1.82, 2.24) is 0 Å². The highest BCUT2D eigenvalue weighted by molar-refractivity contribution is 6.54. The smallest absolute Gasteiger partial charge is 0.257 e. The zero-order chi connectivity index (χ0) is 26.4. The molecule has 36 heavy (non-hydrogen) atoms. The van der Waals surface area contributed by atoms with Crippen LogP contribution in [0.3, 0.4) is 0 Å². The molecule has 4 rings (SSSR count). The van der Waals surface area contributed by atoms with E-state index in [0.29, 0.717) is 5.56 Å². The van der Waals surface area contributed by atoms with Crippen LogP contribution in [0.4, 0.5) is 15.8 Å². The summed E-state index contributed by atoms with van der Waals surface area (Å²) in [5, 5.41) is 15.0. The van der Waals surface area contributed by atoms with Crippen LogP contribution in [0, 0.1) is 23.1 Å². The van der Waals surface area contributed by atoms with Crippen molar-refractivity contribution in [2.24, 2.45) is 5.92 Å².